The topological polar surface area (TPSA) is 79.4 Å². The fourth-order valence-corrected chi connectivity index (χ4v) is 3.98. The lowest BCUT2D eigenvalue weighted by Crippen LogP contribution is -2.15. The van der Waals surface area contributed by atoms with Crippen LogP contribution >= 0.6 is 0 Å². The van der Waals surface area contributed by atoms with E-state index >= 15 is 0 Å². The SMILES string of the molecule is CCC(Nc1nc(-c2cccnc2)nc2c1CCC2)c1ncc(-c2ccccc2)[nH]1. The number of rotatable bonds is 6. The molecule has 0 fully saturated rings. The summed E-state index contributed by atoms with van der Waals surface area (Å²) >= 11 is 0. The maximum absolute atomic E-state index is 4.89. The second-order valence-electron chi connectivity index (χ2n) is 7.57. The van der Waals surface area contributed by atoms with E-state index in [2.05, 4.69) is 39.3 Å². The van der Waals surface area contributed by atoms with Gasteiger partial charge in [-0.25, -0.2) is 15.0 Å². The standard InChI is InChI=1S/C24H24N6/c1-2-19(24-26-15-21(29-24)16-8-4-3-5-9-16)27-23-18-11-6-12-20(18)28-22(30-23)17-10-7-13-25-14-17/h3-5,7-10,13-15,19H,2,6,11-12H2,1H3,(H,26,29)(H,27,28,30). The molecule has 6 heteroatoms. The highest BCUT2D eigenvalue weighted by molar-refractivity contribution is 5.61. The van der Waals surface area contributed by atoms with Crippen molar-refractivity contribution in [1.29, 1.82) is 0 Å². The van der Waals surface area contributed by atoms with Crippen molar-refractivity contribution < 1.29 is 0 Å². The van der Waals surface area contributed by atoms with E-state index in [1.165, 1.54) is 5.56 Å². The summed E-state index contributed by atoms with van der Waals surface area (Å²) in [6.07, 6.45) is 9.50. The van der Waals surface area contributed by atoms with Crippen LogP contribution in [-0.4, -0.2) is 24.9 Å². The van der Waals surface area contributed by atoms with Crippen molar-refractivity contribution in [3.63, 3.8) is 0 Å². The van der Waals surface area contributed by atoms with Crippen molar-refractivity contribution in [2.75, 3.05) is 5.32 Å². The molecule has 0 amide bonds. The first-order chi connectivity index (χ1) is 14.8. The first-order valence-corrected chi connectivity index (χ1v) is 10.5. The van der Waals surface area contributed by atoms with E-state index < -0.39 is 0 Å². The third kappa shape index (κ3) is 3.56. The molecule has 1 unspecified atom stereocenters. The number of fused-ring (bicyclic) bond motifs is 1. The maximum atomic E-state index is 4.89. The Bertz CT molecular complexity index is 1140. The molecule has 5 rings (SSSR count). The molecule has 6 nitrogen and oxygen atoms in total. The molecule has 0 radical (unpaired) electrons. The molecule has 3 heterocycles. The molecule has 0 saturated carbocycles. The fraction of sp³-hybridized carbons (Fsp3) is 0.250. The number of aromatic amines is 1. The van der Waals surface area contributed by atoms with Crippen molar-refractivity contribution in [3.05, 3.63) is 78.1 Å². The summed E-state index contributed by atoms with van der Waals surface area (Å²) in [5.41, 5.74) is 5.47. The van der Waals surface area contributed by atoms with Crippen LogP contribution < -0.4 is 5.32 Å². The number of aromatic nitrogens is 5. The number of benzene rings is 1. The van der Waals surface area contributed by atoms with Gasteiger partial charge >= 0.3 is 0 Å². The van der Waals surface area contributed by atoms with E-state index in [9.17, 15) is 0 Å². The van der Waals surface area contributed by atoms with Crippen LogP contribution in [0.2, 0.25) is 0 Å². The summed E-state index contributed by atoms with van der Waals surface area (Å²) in [6, 6.07) is 14.2. The van der Waals surface area contributed by atoms with Crippen molar-refractivity contribution in [2.24, 2.45) is 0 Å². The van der Waals surface area contributed by atoms with E-state index in [0.717, 1.165) is 65.7 Å². The summed E-state index contributed by atoms with van der Waals surface area (Å²) < 4.78 is 0. The number of pyridine rings is 1. The van der Waals surface area contributed by atoms with Gasteiger partial charge < -0.3 is 10.3 Å². The smallest absolute Gasteiger partial charge is 0.163 e. The minimum Gasteiger partial charge on any atom is -0.360 e. The zero-order valence-corrected chi connectivity index (χ0v) is 17.0. The molecule has 3 aromatic heterocycles. The molecule has 1 aliphatic rings. The first-order valence-electron chi connectivity index (χ1n) is 10.5. The molecule has 150 valence electrons. The highest BCUT2D eigenvalue weighted by Gasteiger charge is 2.23. The summed E-state index contributed by atoms with van der Waals surface area (Å²) in [5.74, 6) is 2.57. The molecular weight excluding hydrogens is 372 g/mol. The van der Waals surface area contributed by atoms with Crippen LogP contribution in [0.1, 0.15) is 42.9 Å². The summed E-state index contributed by atoms with van der Waals surface area (Å²) in [4.78, 5) is 22.1. The van der Waals surface area contributed by atoms with Crippen molar-refractivity contribution in [3.8, 4) is 22.6 Å². The number of aryl methyl sites for hydroxylation is 1. The highest BCUT2D eigenvalue weighted by atomic mass is 15.1. The van der Waals surface area contributed by atoms with Crippen LogP contribution in [0, 0.1) is 0 Å². The van der Waals surface area contributed by atoms with Gasteiger partial charge in [-0.2, -0.15) is 0 Å². The van der Waals surface area contributed by atoms with E-state index in [0.29, 0.717) is 0 Å². The first kappa shape index (κ1) is 18.5. The van der Waals surface area contributed by atoms with Crippen LogP contribution in [0.5, 0.6) is 0 Å². The monoisotopic (exact) mass is 396 g/mol. The van der Waals surface area contributed by atoms with Gasteiger partial charge in [-0.3, -0.25) is 4.98 Å². The average molecular weight is 396 g/mol. The Morgan fingerprint density at radius 2 is 1.87 bits per heavy atom. The van der Waals surface area contributed by atoms with Gasteiger partial charge in [0, 0.05) is 29.2 Å². The maximum Gasteiger partial charge on any atom is 0.163 e. The number of nitrogens with zero attached hydrogens (tertiary/aromatic N) is 4. The molecule has 4 aromatic rings. The molecular formula is C24H24N6. The molecule has 1 aromatic carbocycles. The number of hydrogen-bond acceptors (Lipinski definition) is 5. The second-order valence-corrected chi connectivity index (χ2v) is 7.57. The average Bonchev–Trinajstić information content (AvgIpc) is 3.48. The van der Waals surface area contributed by atoms with Gasteiger partial charge in [0.15, 0.2) is 5.82 Å². The van der Waals surface area contributed by atoms with E-state index in [1.807, 2.05) is 42.7 Å². The van der Waals surface area contributed by atoms with E-state index in [4.69, 9.17) is 9.97 Å². The number of hydrogen-bond donors (Lipinski definition) is 2. The van der Waals surface area contributed by atoms with Gasteiger partial charge in [0.25, 0.3) is 0 Å². The Balaban J connectivity index is 1.47. The Hall–Kier alpha value is -3.54. The second kappa shape index (κ2) is 8.06. The molecule has 30 heavy (non-hydrogen) atoms. The zero-order chi connectivity index (χ0) is 20.3. The number of imidazole rings is 1. The largest absolute Gasteiger partial charge is 0.360 e. The Kier molecular flexibility index (Phi) is 4.97. The molecule has 0 spiro atoms. The normalized spacial score (nSPS) is 13.8. The van der Waals surface area contributed by atoms with Gasteiger partial charge in [0.05, 0.1) is 17.9 Å². The van der Waals surface area contributed by atoms with Gasteiger partial charge in [-0.1, -0.05) is 37.3 Å². The van der Waals surface area contributed by atoms with Gasteiger partial charge in [-0.15, -0.1) is 0 Å². The van der Waals surface area contributed by atoms with Crippen molar-refractivity contribution in [2.45, 2.75) is 38.6 Å². The van der Waals surface area contributed by atoms with Crippen molar-refractivity contribution >= 4 is 5.82 Å². The minimum absolute atomic E-state index is 0.0452. The number of anilines is 1. The van der Waals surface area contributed by atoms with Crippen molar-refractivity contribution in [1.82, 2.24) is 24.9 Å². The van der Waals surface area contributed by atoms with Gasteiger partial charge in [-0.05, 0) is 43.4 Å². The molecule has 1 atom stereocenters. The lowest BCUT2D eigenvalue weighted by molar-refractivity contribution is 0.698. The molecule has 0 saturated heterocycles. The van der Waals surface area contributed by atoms with Crippen LogP contribution in [0.4, 0.5) is 5.82 Å². The summed E-state index contributed by atoms with van der Waals surface area (Å²) in [6.45, 7) is 2.16. The molecule has 2 N–H and O–H groups in total. The Morgan fingerprint density at radius 3 is 2.67 bits per heavy atom. The molecule has 0 bridgehead atoms. The fourth-order valence-electron chi connectivity index (χ4n) is 3.98. The van der Waals surface area contributed by atoms with Crippen LogP contribution in [0.25, 0.3) is 22.6 Å². The molecule has 0 aliphatic heterocycles. The highest BCUT2D eigenvalue weighted by Crippen LogP contribution is 2.32. The zero-order valence-electron chi connectivity index (χ0n) is 17.0. The lowest BCUT2D eigenvalue weighted by Gasteiger charge is -2.18. The van der Waals surface area contributed by atoms with E-state index in [1.54, 1.807) is 6.20 Å². The van der Waals surface area contributed by atoms with Crippen LogP contribution in [-0.2, 0) is 12.8 Å². The minimum atomic E-state index is 0.0452. The van der Waals surface area contributed by atoms with Gasteiger partial charge in [0.1, 0.15) is 11.6 Å². The summed E-state index contributed by atoms with van der Waals surface area (Å²) in [5, 5.41) is 3.66. The quantitative estimate of drug-likeness (QED) is 0.480. The van der Waals surface area contributed by atoms with E-state index in [-0.39, 0.29) is 6.04 Å². The number of H-pyrrole nitrogens is 1. The number of nitrogens with one attached hydrogen (secondary N) is 2. The van der Waals surface area contributed by atoms with Crippen LogP contribution in [0.15, 0.2) is 61.1 Å². The third-order valence-corrected chi connectivity index (χ3v) is 5.58. The van der Waals surface area contributed by atoms with Gasteiger partial charge in [0.2, 0.25) is 0 Å². The Morgan fingerprint density at radius 1 is 1.00 bits per heavy atom. The van der Waals surface area contributed by atoms with Crippen LogP contribution in [0.3, 0.4) is 0 Å². The molecule has 1 aliphatic carbocycles. The lowest BCUT2D eigenvalue weighted by atomic mass is 10.1. The third-order valence-electron chi connectivity index (χ3n) is 5.58. The predicted octanol–water partition coefficient (Wildman–Crippen LogP) is 4.98. The Labute approximate surface area is 175 Å². The predicted molar refractivity (Wildman–Crippen MR) is 118 cm³/mol. The summed E-state index contributed by atoms with van der Waals surface area (Å²) in [7, 11) is 0.